The molecule has 24 heavy (non-hydrogen) atoms. The van der Waals surface area contributed by atoms with Gasteiger partial charge in [0.25, 0.3) is 11.8 Å². The van der Waals surface area contributed by atoms with Crippen LogP contribution in [0.5, 0.6) is 0 Å². The molecule has 1 aromatic rings. The number of nitrogens with two attached hydrogens (primary N) is 2. The number of hydrogen-bond donors (Lipinski definition) is 4. The summed E-state index contributed by atoms with van der Waals surface area (Å²) >= 11 is 6.78. The van der Waals surface area contributed by atoms with Gasteiger partial charge in [-0.3, -0.25) is 14.3 Å². The van der Waals surface area contributed by atoms with Gasteiger partial charge in [0.2, 0.25) is 0 Å². The van der Waals surface area contributed by atoms with Gasteiger partial charge in [0.05, 0.1) is 11.1 Å². The second-order valence-corrected chi connectivity index (χ2v) is 8.98. The van der Waals surface area contributed by atoms with Gasteiger partial charge in [-0.1, -0.05) is 25.4 Å². The van der Waals surface area contributed by atoms with Crippen LogP contribution in [0.1, 0.15) is 20.3 Å². The molecule has 3 atom stereocenters. The Labute approximate surface area is 149 Å². The molecule has 0 spiro atoms. The number of rotatable bonds is 7. The molecule has 8 nitrogen and oxygen atoms in total. The van der Waals surface area contributed by atoms with E-state index in [0.29, 0.717) is 6.42 Å². The molecule has 0 aromatic carbocycles. The largest absolute Gasteiger partial charge is 0.382 e. The van der Waals surface area contributed by atoms with E-state index in [9.17, 15) is 18.9 Å². The van der Waals surface area contributed by atoms with Crippen molar-refractivity contribution in [2.75, 3.05) is 6.54 Å². The second-order valence-electron chi connectivity index (χ2n) is 5.49. The average Bonchev–Trinajstić information content (AvgIpc) is 2.92. The van der Waals surface area contributed by atoms with Crippen molar-refractivity contribution in [2.24, 2.45) is 21.7 Å². The van der Waals surface area contributed by atoms with Crippen molar-refractivity contribution in [2.45, 2.75) is 36.6 Å². The lowest BCUT2D eigenvalue weighted by atomic mass is 10.0. The highest BCUT2D eigenvalue weighted by Gasteiger charge is 2.25. The van der Waals surface area contributed by atoms with Crippen molar-refractivity contribution >= 4 is 44.7 Å². The summed E-state index contributed by atoms with van der Waals surface area (Å²) in [4.78, 5) is 24.0. The molecule has 0 aliphatic rings. The Morgan fingerprint density at radius 2 is 2.12 bits per heavy atom. The van der Waals surface area contributed by atoms with Crippen LogP contribution in [0.4, 0.5) is 0 Å². The highest BCUT2D eigenvalue weighted by atomic mass is 35.5. The van der Waals surface area contributed by atoms with Crippen molar-refractivity contribution < 1.29 is 18.9 Å². The molecule has 0 aliphatic carbocycles. The Bertz CT molecular complexity index is 713. The quantitative estimate of drug-likeness (QED) is 0.526. The number of aliphatic hydroxyl groups excluding tert-OH is 1. The fourth-order valence-electron chi connectivity index (χ4n) is 1.67. The number of halogens is 1. The maximum atomic E-state index is 13.1. The molecule has 136 valence electrons. The monoisotopic (exact) mass is 396 g/mol. The number of hydrogen-bond acceptors (Lipinski definition) is 7. The molecule has 6 N–H and O–H groups in total. The van der Waals surface area contributed by atoms with Crippen LogP contribution < -0.4 is 16.2 Å². The zero-order valence-electron chi connectivity index (χ0n) is 13.3. The van der Waals surface area contributed by atoms with Crippen molar-refractivity contribution in [1.82, 2.24) is 4.72 Å². The fourth-order valence-corrected chi connectivity index (χ4v) is 4.76. The van der Waals surface area contributed by atoms with Gasteiger partial charge in [0.15, 0.2) is 9.92 Å². The Hall–Kier alpha value is -1.04. The summed E-state index contributed by atoms with van der Waals surface area (Å²) in [6.07, 6.45) is -1.22. The summed E-state index contributed by atoms with van der Waals surface area (Å²) in [5.41, 5.74) is 11.0. The molecular formula is C13H21ClN4O4S2. The van der Waals surface area contributed by atoms with Crippen LogP contribution in [0.25, 0.3) is 0 Å². The van der Waals surface area contributed by atoms with Crippen LogP contribution in [0.2, 0.25) is 5.02 Å². The molecule has 2 amide bonds. The average molecular weight is 397 g/mol. The van der Waals surface area contributed by atoms with E-state index in [4.69, 9.17) is 23.1 Å². The maximum absolute atomic E-state index is 13.1. The Morgan fingerprint density at radius 1 is 1.50 bits per heavy atom. The molecule has 0 saturated carbocycles. The van der Waals surface area contributed by atoms with Gasteiger partial charge in [-0.25, -0.2) is 4.21 Å². The number of nitrogens with zero attached hydrogens (tertiary/aromatic N) is 1. The normalized spacial score (nSPS) is 16.3. The van der Waals surface area contributed by atoms with Gasteiger partial charge in [-0.2, -0.15) is 0 Å². The van der Waals surface area contributed by atoms with E-state index < -0.39 is 33.9 Å². The Morgan fingerprint density at radius 3 is 2.58 bits per heavy atom. The summed E-state index contributed by atoms with van der Waals surface area (Å²) in [7, 11) is -3.67. The molecule has 11 heteroatoms. The number of carbonyl (C=O) groups excluding carboxylic acids is 2. The van der Waals surface area contributed by atoms with Gasteiger partial charge < -0.3 is 16.6 Å². The van der Waals surface area contributed by atoms with E-state index in [-0.39, 0.29) is 21.7 Å². The van der Waals surface area contributed by atoms with Crippen LogP contribution >= 0.6 is 22.9 Å². The zero-order valence-corrected chi connectivity index (χ0v) is 15.7. The van der Waals surface area contributed by atoms with Crippen LogP contribution in [0.3, 0.4) is 0 Å². The summed E-state index contributed by atoms with van der Waals surface area (Å²) in [6.45, 7) is 3.39. The van der Waals surface area contributed by atoms with E-state index in [1.807, 2.05) is 13.8 Å². The van der Waals surface area contributed by atoms with E-state index in [0.717, 1.165) is 11.3 Å². The van der Waals surface area contributed by atoms with Crippen molar-refractivity contribution in [3.8, 4) is 0 Å². The van der Waals surface area contributed by atoms with E-state index >= 15 is 0 Å². The summed E-state index contributed by atoms with van der Waals surface area (Å²) < 4.78 is 18.8. The number of nitrogens with one attached hydrogen (secondary N) is 1. The molecule has 0 fully saturated rings. The topological polar surface area (TPSA) is 148 Å². The van der Waals surface area contributed by atoms with Gasteiger partial charge in [-0.15, -0.1) is 15.7 Å². The zero-order chi connectivity index (χ0) is 18.5. The lowest BCUT2D eigenvalue weighted by Gasteiger charge is -2.14. The first kappa shape index (κ1) is 21.0. The van der Waals surface area contributed by atoms with Gasteiger partial charge >= 0.3 is 0 Å². The van der Waals surface area contributed by atoms with E-state index in [1.54, 1.807) is 0 Å². The molecule has 1 rings (SSSR count). The Balaban J connectivity index is 3.23. The molecule has 1 heterocycles. The van der Waals surface area contributed by atoms with Crippen LogP contribution in [-0.4, -0.2) is 39.8 Å². The first-order valence-corrected chi connectivity index (χ1v) is 9.86. The predicted octanol–water partition coefficient (Wildman–Crippen LogP) is 0.479. The summed E-state index contributed by atoms with van der Waals surface area (Å²) in [5.74, 6) is -1.66. The molecule has 1 unspecified atom stereocenters. The van der Waals surface area contributed by atoms with Crippen molar-refractivity contribution in [3.63, 3.8) is 0 Å². The number of thiophene rings is 1. The Kier molecular flexibility index (Phi) is 7.77. The highest BCUT2D eigenvalue weighted by molar-refractivity contribution is 7.94. The summed E-state index contributed by atoms with van der Waals surface area (Å²) in [5, 5.41) is 11.2. The first-order valence-electron chi connectivity index (χ1n) is 7.09. The molecule has 0 radical (unpaired) electrons. The van der Waals surface area contributed by atoms with Crippen LogP contribution in [-0.2, 0) is 19.5 Å². The van der Waals surface area contributed by atoms with Crippen molar-refractivity contribution in [3.05, 3.63) is 16.5 Å². The second kappa shape index (κ2) is 8.88. The van der Waals surface area contributed by atoms with Crippen molar-refractivity contribution in [1.29, 1.82) is 0 Å². The number of aliphatic hydroxyl groups is 1. The first-order chi connectivity index (χ1) is 11.1. The minimum atomic E-state index is -3.67. The molecular weight excluding hydrogens is 376 g/mol. The third kappa shape index (κ3) is 5.80. The van der Waals surface area contributed by atoms with E-state index in [1.165, 1.54) is 11.4 Å². The lowest BCUT2D eigenvalue weighted by molar-refractivity contribution is -0.126. The minimum absolute atomic E-state index is 0.0789. The third-order valence-corrected chi connectivity index (χ3v) is 6.46. The maximum Gasteiger partial charge on any atom is 0.272 e. The number of amides is 2. The van der Waals surface area contributed by atoms with Crippen LogP contribution in [0.15, 0.2) is 20.0 Å². The van der Waals surface area contributed by atoms with E-state index in [2.05, 4.69) is 9.08 Å². The summed E-state index contributed by atoms with van der Waals surface area (Å²) in [6, 6.07) is 0.381. The predicted molar refractivity (Wildman–Crippen MR) is 93.8 cm³/mol. The molecule has 1 aromatic heterocycles. The standard InChI is InChI=1S/C13H21ClN4O4S2/c1-7(2)3-9(16)12(20)17-24(22,11-4-8(14)6-23-11)18-13(21)10(19)5-15/h4,6-7,9-10,19H,3,5,15-16H2,1-2H3,(H,17,18,20,21,22)/t9-,10-,24?/m0/s1. The smallest absolute Gasteiger partial charge is 0.272 e. The molecule has 0 saturated heterocycles. The minimum Gasteiger partial charge on any atom is -0.382 e. The molecule has 0 aliphatic heterocycles. The lowest BCUT2D eigenvalue weighted by Crippen LogP contribution is -2.42. The van der Waals surface area contributed by atoms with Crippen LogP contribution in [0, 0.1) is 5.92 Å². The SMILES string of the molecule is CC(C)C[C@H](N)C(=O)N=S(=O)(NC(=O)[C@@H](O)CN)c1cc(Cl)cs1. The highest BCUT2D eigenvalue weighted by Crippen LogP contribution is 2.25. The number of carbonyl (C=O) groups is 2. The third-order valence-electron chi connectivity index (χ3n) is 2.84. The molecule has 0 bridgehead atoms. The van der Waals surface area contributed by atoms with Gasteiger partial charge in [0.1, 0.15) is 10.3 Å². The fraction of sp³-hybridized carbons (Fsp3) is 0.538. The van der Waals surface area contributed by atoms with Gasteiger partial charge in [-0.05, 0) is 18.4 Å². The van der Waals surface area contributed by atoms with Gasteiger partial charge in [0, 0.05) is 11.9 Å².